The predicted octanol–water partition coefficient (Wildman–Crippen LogP) is 0.798. The molecule has 0 spiro atoms. The highest BCUT2D eigenvalue weighted by atomic mass is 16.6. The molecule has 1 heterocycles. The van der Waals surface area contributed by atoms with Gasteiger partial charge in [0.25, 0.3) is 11.6 Å². The number of hydrogen-bond acceptors (Lipinski definition) is 5. The summed E-state index contributed by atoms with van der Waals surface area (Å²) in [6.07, 6.45) is 0. The summed E-state index contributed by atoms with van der Waals surface area (Å²) in [7, 11) is 1.63. The average Bonchev–Trinajstić information content (AvgIpc) is 2.48. The topological polar surface area (TPSA) is 93.0 Å². The molecule has 1 aliphatic rings. The van der Waals surface area contributed by atoms with Gasteiger partial charge in [-0.05, 0) is 13.0 Å². The van der Waals surface area contributed by atoms with Crippen LogP contribution in [0, 0.1) is 10.1 Å². The van der Waals surface area contributed by atoms with Crippen LogP contribution in [-0.4, -0.2) is 48.4 Å². The number of amides is 2. The number of non-ortho nitro benzene ring substituents is 1. The summed E-state index contributed by atoms with van der Waals surface area (Å²) in [6.45, 7) is 1.98. The van der Waals surface area contributed by atoms with Crippen molar-refractivity contribution in [3.63, 3.8) is 0 Å². The number of nitrogens with zero attached hydrogens (tertiary/aromatic N) is 3. The van der Waals surface area contributed by atoms with Crippen molar-refractivity contribution in [3.8, 4) is 5.75 Å². The predicted molar refractivity (Wildman–Crippen MR) is 74.3 cm³/mol. The molecular formula is C13H15N3O5. The van der Waals surface area contributed by atoms with Crippen molar-refractivity contribution in [2.45, 2.75) is 6.92 Å². The van der Waals surface area contributed by atoms with Gasteiger partial charge in [0.1, 0.15) is 12.3 Å². The summed E-state index contributed by atoms with van der Waals surface area (Å²) >= 11 is 0. The molecule has 0 saturated carbocycles. The number of anilines is 1. The number of hydrogen-bond donors (Lipinski definition) is 0. The second-order valence-electron chi connectivity index (χ2n) is 4.59. The first-order valence-electron chi connectivity index (χ1n) is 6.39. The third-order valence-corrected chi connectivity index (χ3v) is 3.29. The van der Waals surface area contributed by atoms with Gasteiger partial charge in [0.15, 0.2) is 6.61 Å². The lowest BCUT2D eigenvalue weighted by atomic mass is 10.2. The molecule has 0 N–H and O–H groups in total. The third kappa shape index (κ3) is 2.93. The molecule has 112 valence electrons. The smallest absolute Gasteiger partial charge is 0.271 e. The van der Waals surface area contributed by atoms with Gasteiger partial charge in [-0.25, -0.2) is 0 Å². The van der Waals surface area contributed by atoms with Crippen molar-refractivity contribution >= 4 is 23.2 Å². The minimum atomic E-state index is -0.558. The van der Waals surface area contributed by atoms with Crippen LogP contribution in [0.5, 0.6) is 5.75 Å². The summed E-state index contributed by atoms with van der Waals surface area (Å²) in [4.78, 5) is 36.9. The molecule has 1 aromatic carbocycles. The van der Waals surface area contributed by atoms with E-state index in [2.05, 4.69) is 0 Å². The quantitative estimate of drug-likeness (QED) is 0.604. The zero-order valence-corrected chi connectivity index (χ0v) is 11.7. The van der Waals surface area contributed by atoms with Gasteiger partial charge in [-0.3, -0.25) is 24.6 Å². The lowest BCUT2D eigenvalue weighted by Gasteiger charge is -2.29. The van der Waals surface area contributed by atoms with Crippen LogP contribution in [0.3, 0.4) is 0 Å². The van der Waals surface area contributed by atoms with E-state index in [9.17, 15) is 19.7 Å². The molecule has 2 rings (SSSR count). The number of ether oxygens (including phenoxy) is 1. The first kappa shape index (κ1) is 14.8. The molecule has 8 heteroatoms. The molecule has 0 unspecified atom stereocenters. The number of rotatable bonds is 4. The summed E-state index contributed by atoms with van der Waals surface area (Å²) in [5.41, 5.74) is 0.0895. The van der Waals surface area contributed by atoms with Gasteiger partial charge < -0.3 is 9.64 Å². The van der Waals surface area contributed by atoms with Crippen molar-refractivity contribution in [3.05, 3.63) is 28.3 Å². The second-order valence-corrected chi connectivity index (χ2v) is 4.59. The Kier molecular flexibility index (Phi) is 4.06. The number of nitro groups is 1. The summed E-state index contributed by atoms with van der Waals surface area (Å²) in [6, 6.07) is 3.97. The van der Waals surface area contributed by atoms with Crippen LogP contribution in [-0.2, 0) is 9.59 Å². The van der Waals surface area contributed by atoms with Gasteiger partial charge in [0.2, 0.25) is 5.91 Å². The highest BCUT2D eigenvalue weighted by Crippen LogP contribution is 2.35. The zero-order chi connectivity index (χ0) is 15.6. The Morgan fingerprint density at radius 1 is 1.52 bits per heavy atom. The Morgan fingerprint density at radius 2 is 2.24 bits per heavy atom. The number of nitro benzene ring substituents is 1. The van der Waals surface area contributed by atoms with Crippen molar-refractivity contribution < 1.29 is 19.2 Å². The molecule has 1 aliphatic heterocycles. The van der Waals surface area contributed by atoms with Crippen molar-refractivity contribution in [2.24, 2.45) is 0 Å². The Morgan fingerprint density at radius 3 is 2.86 bits per heavy atom. The van der Waals surface area contributed by atoms with Crippen LogP contribution in [0.15, 0.2) is 18.2 Å². The summed E-state index contributed by atoms with van der Waals surface area (Å²) < 4.78 is 5.23. The summed E-state index contributed by atoms with van der Waals surface area (Å²) in [5, 5.41) is 10.8. The molecule has 0 aromatic heterocycles. The van der Waals surface area contributed by atoms with Gasteiger partial charge >= 0.3 is 0 Å². The van der Waals surface area contributed by atoms with E-state index in [0.717, 1.165) is 0 Å². The normalized spacial score (nSPS) is 13.4. The Labute approximate surface area is 121 Å². The molecule has 0 fully saturated rings. The SMILES string of the molecule is CCN(C)C(=O)CN1C(=O)COc2ccc([N+](=O)[O-])cc21. The minimum Gasteiger partial charge on any atom is -0.482 e. The van der Waals surface area contributed by atoms with Crippen LogP contribution in [0.4, 0.5) is 11.4 Å². The minimum absolute atomic E-state index is 0.159. The molecule has 1 aromatic rings. The van der Waals surface area contributed by atoms with Crippen molar-refractivity contribution in [2.75, 3.05) is 31.6 Å². The maximum absolute atomic E-state index is 12.0. The average molecular weight is 293 g/mol. The van der Waals surface area contributed by atoms with E-state index >= 15 is 0 Å². The number of carbonyl (C=O) groups excluding carboxylic acids is 2. The second kappa shape index (κ2) is 5.78. The molecule has 21 heavy (non-hydrogen) atoms. The standard InChI is InChI=1S/C13H15N3O5/c1-3-14(2)12(17)7-15-10-6-9(16(19)20)4-5-11(10)21-8-13(15)18/h4-6H,3,7-8H2,1-2H3. The maximum atomic E-state index is 12.0. The zero-order valence-electron chi connectivity index (χ0n) is 11.7. The van der Waals surface area contributed by atoms with Crippen LogP contribution >= 0.6 is 0 Å². The highest BCUT2D eigenvalue weighted by molar-refractivity contribution is 6.02. The number of benzene rings is 1. The Balaban J connectivity index is 2.34. The largest absolute Gasteiger partial charge is 0.482 e. The lowest BCUT2D eigenvalue weighted by molar-refractivity contribution is -0.384. The fraction of sp³-hybridized carbons (Fsp3) is 0.385. The lowest BCUT2D eigenvalue weighted by Crippen LogP contribution is -2.45. The molecule has 0 saturated heterocycles. The van der Waals surface area contributed by atoms with E-state index in [4.69, 9.17) is 4.74 Å². The third-order valence-electron chi connectivity index (χ3n) is 3.29. The molecule has 8 nitrogen and oxygen atoms in total. The van der Waals surface area contributed by atoms with Gasteiger partial charge in [-0.1, -0.05) is 0 Å². The van der Waals surface area contributed by atoms with E-state index in [0.29, 0.717) is 12.3 Å². The van der Waals surface area contributed by atoms with Crippen molar-refractivity contribution in [1.29, 1.82) is 0 Å². The van der Waals surface area contributed by atoms with Crippen LogP contribution in [0.1, 0.15) is 6.92 Å². The summed E-state index contributed by atoms with van der Waals surface area (Å²) in [5.74, 6) is -0.293. The molecule has 0 atom stereocenters. The van der Waals surface area contributed by atoms with Crippen molar-refractivity contribution in [1.82, 2.24) is 4.90 Å². The van der Waals surface area contributed by atoms with Gasteiger partial charge in [-0.2, -0.15) is 0 Å². The first-order valence-corrected chi connectivity index (χ1v) is 6.39. The number of likely N-dealkylation sites (N-methyl/N-ethyl adjacent to an activating group) is 1. The van der Waals surface area contributed by atoms with Gasteiger partial charge in [0.05, 0.1) is 10.6 Å². The van der Waals surface area contributed by atoms with E-state index in [1.807, 2.05) is 6.92 Å². The maximum Gasteiger partial charge on any atom is 0.271 e. The monoisotopic (exact) mass is 293 g/mol. The van der Waals surface area contributed by atoms with Gasteiger partial charge in [-0.15, -0.1) is 0 Å². The van der Waals surface area contributed by atoms with E-state index < -0.39 is 10.8 Å². The first-order chi connectivity index (χ1) is 9.93. The molecule has 0 bridgehead atoms. The molecular weight excluding hydrogens is 278 g/mol. The van der Waals surface area contributed by atoms with Crippen LogP contribution in [0.2, 0.25) is 0 Å². The molecule has 2 amide bonds. The molecule has 0 radical (unpaired) electrons. The Bertz CT molecular complexity index is 601. The highest BCUT2D eigenvalue weighted by Gasteiger charge is 2.29. The fourth-order valence-corrected chi connectivity index (χ4v) is 1.91. The van der Waals surface area contributed by atoms with Crippen LogP contribution in [0.25, 0.3) is 0 Å². The Hall–Kier alpha value is -2.64. The fourth-order valence-electron chi connectivity index (χ4n) is 1.91. The van der Waals surface area contributed by atoms with Gasteiger partial charge in [0, 0.05) is 25.7 Å². The molecule has 0 aliphatic carbocycles. The van der Waals surface area contributed by atoms with Crippen LogP contribution < -0.4 is 9.64 Å². The van der Waals surface area contributed by atoms with E-state index in [1.165, 1.54) is 28.0 Å². The van der Waals surface area contributed by atoms with E-state index in [-0.39, 0.29) is 30.4 Å². The number of fused-ring (bicyclic) bond motifs is 1. The van der Waals surface area contributed by atoms with E-state index in [1.54, 1.807) is 7.05 Å². The number of carbonyl (C=O) groups is 2.